The Morgan fingerprint density at radius 1 is 1.42 bits per heavy atom. The Bertz CT molecular complexity index is 695. The van der Waals surface area contributed by atoms with Crippen molar-refractivity contribution in [1.82, 2.24) is 9.78 Å². The molecule has 0 amide bonds. The number of hydrogen-bond donors (Lipinski definition) is 1. The van der Waals surface area contributed by atoms with Gasteiger partial charge in [0, 0.05) is 6.20 Å². The van der Waals surface area contributed by atoms with Crippen molar-refractivity contribution in [3.05, 3.63) is 46.1 Å². The first-order chi connectivity index (χ1) is 8.83. The summed E-state index contributed by atoms with van der Waals surface area (Å²) in [7, 11) is -3.32. The predicted octanol–water partition coefficient (Wildman–Crippen LogP) is 2.37. The van der Waals surface area contributed by atoms with E-state index in [1.54, 1.807) is 10.9 Å². The van der Waals surface area contributed by atoms with E-state index in [1.165, 1.54) is 5.56 Å². The molecule has 1 aromatic carbocycles. The first-order valence-electron chi connectivity index (χ1n) is 5.60. The topological polar surface area (TPSA) is 64.0 Å². The zero-order valence-electron chi connectivity index (χ0n) is 10.6. The van der Waals surface area contributed by atoms with Crippen LogP contribution in [0.3, 0.4) is 0 Å². The van der Waals surface area contributed by atoms with Gasteiger partial charge in [0.05, 0.1) is 17.3 Å². The molecule has 0 aliphatic rings. The maximum absolute atomic E-state index is 11.2. The molecule has 0 radical (unpaired) electrons. The van der Waals surface area contributed by atoms with Gasteiger partial charge in [0.25, 0.3) is 0 Å². The molecule has 0 unspecified atom stereocenters. The Morgan fingerprint density at radius 2 is 2.16 bits per heavy atom. The number of hydrogen-bond acceptors (Lipinski definition) is 3. The molecule has 1 heterocycles. The highest BCUT2D eigenvalue weighted by molar-refractivity contribution is 9.10. The lowest BCUT2D eigenvalue weighted by Crippen LogP contribution is -2.11. The summed E-state index contributed by atoms with van der Waals surface area (Å²) in [5.74, 6) is 0.301. The van der Waals surface area contributed by atoms with Crippen LogP contribution in [0, 0.1) is 6.92 Å². The van der Waals surface area contributed by atoms with Gasteiger partial charge in [-0.25, -0.2) is 8.42 Å². The minimum Gasteiger partial charge on any atom is -0.265 e. The van der Waals surface area contributed by atoms with Gasteiger partial charge in [-0.1, -0.05) is 29.8 Å². The van der Waals surface area contributed by atoms with E-state index in [4.69, 9.17) is 0 Å². The number of aromatic nitrogens is 2. The van der Waals surface area contributed by atoms with Crippen LogP contribution in [0.15, 0.2) is 34.9 Å². The zero-order valence-corrected chi connectivity index (χ0v) is 13.0. The summed E-state index contributed by atoms with van der Waals surface area (Å²) in [4.78, 5) is 0. The average Bonchev–Trinajstić information content (AvgIpc) is 2.56. The summed E-state index contributed by atoms with van der Waals surface area (Å²) in [6, 6.07) is 8.09. The SMILES string of the molecule is Cc1cccc(Cn2cc(Br)c(NS(C)(=O)=O)n2)c1. The number of sulfonamides is 1. The molecule has 1 aromatic heterocycles. The second-order valence-electron chi connectivity index (χ2n) is 4.39. The maximum Gasteiger partial charge on any atom is 0.231 e. The maximum atomic E-state index is 11.2. The lowest BCUT2D eigenvalue weighted by molar-refractivity contribution is 0.606. The van der Waals surface area contributed by atoms with Crippen LogP contribution in [0.2, 0.25) is 0 Å². The van der Waals surface area contributed by atoms with E-state index in [9.17, 15) is 8.42 Å². The van der Waals surface area contributed by atoms with Crippen molar-refractivity contribution in [3.8, 4) is 0 Å². The molecule has 0 atom stereocenters. The molecule has 0 aliphatic carbocycles. The number of nitrogens with one attached hydrogen (secondary N) is 1. The summed E-state index contributed by atoms with van der Waals surface area (Å²) in [6.07, 6.45) is 2.84. The van der Waals surface area contributed by atoms with Gasteiger partial charge in [-0.05, 0) is 28.4 Å². The molecular weight excluding hydrogens is 330 g/mol. The first-order valence-corrected chi connectivity index (χ1v) is 8.28. The molecule has 102 valence electrons. The van der Waals surface area contributed by atoms with Gasteiger partial charge in [-0.2, -0.15) is 5.10 Å². The number of benzene rings is 1. The van der Waals surface area contributed by atoms with E-state index in [-0.39, 0.29) is 0 Å². The van der Waals surface area contributed by atoms with Crippen molar-refractivity contribution in [1.29, 1.82) is 0 Å². The van der Waals surface area contributed by atoms with Crippen LogP contribution in [0.5, 0.6) is 0 Å². The molecule has 0 aliphatic heterocycles. The second-order valence-corrected chi connectivity index (χ2v) is 6.99. The number of halogens is 1. The second kappa shape index (κ2) is 5.34. The molecule has 0 fully saturated rings. The molecular formula is C12H14BrN3O2S. The van der Waals surface area contributed by atoms with Crippen molar-refractivity contribution in [3.63, 3.8) is 0 Å². The molecule has 0 spiro atoms. The van der Waals surface area contributed by atoms with Gasteiger partial charge in [0.15, 0.2) is 5.82 Å². The summed E-state index contributed by atoms with van der Waals surface area (Å²) in [5.41, 5.74) is 2.29. The molecule has 19 heavy (non-hydrogen) atoms. The van der Waals surface area contributed by atoms with Gasteiger partial charge in [-0.15, -0.1) is 0 Å². The van der Waals surface area contributed by atoms with Crippen LogP contribution >= 0.6 is 15.9 Å². The Hall–Kier alpha value is -1.34. The molecule has 7 heteroatoms. The fraction of sp³-hybridized carbons (Fsp3) is 0.250. The van der Waals surface area contributed by atoms with Crippen molar-refractivity contribution in [2.24, 2.45) is 0 Å². The number of nitrogens with zero attached hydrogens (tertiary/aromatic N) is 2. The summed E-state index contributed by atoms with van der Waals surface area (Å²) >= 11 is 3.29. The molecule has 0 bridgehead atoms. The molecule has 2 rings (SSSR count). The zero-order chi connectivity index (χ0) is 14.0. The monoisotopic (exact) mass is 343 g/mol. The fourth-order valence-electron chi connectivity index (χ4n) is 1.72. The van der Waals surface area contributed by atoms with Crippen molar-refractivity contribution in [2.75, 3.05) is 11.0 Å². The minimum absolute atomic E-state index is 0.301. The summed E-state index contributed by atoms with van der Waals surface area (Å²) in [6.45, 7) is 2.62. The van der Waals surface area contributed by atoms with E-state index in [1.807, 2.05) is 25.1 Å². The van der Waals surface area contributed by atoms with E-state index < -0.39 is 10.0 Å². The fourth-order valence-corrected chi connectivity index (χ4v) is 2.77. The smallest absolute Gasteiger partial charge is 0.231 e. The molecule has 2 aromatic rings. The quantitative estimate of drug-likeness (QED) is 0.926. The van der Waals surface area contributed by atoms with E-state index in [0.29, 0.717) is 16.8 Å². The standard InChI is InChI=1S/C12H14BrN3O2S/c1-9-4-3-5-10(6-9)7-16-8-11(13)12(14-16)15-19(2,17)18/h3-6,8H,7H2,1-2H3,(H,14,15). The Labute approximate surface area is 120 Å². The molecule has 1 N–H and O–H groups in total. The van der Waals surface area contributed by atoms with Gasteiger partial charge in [-0.3, -0.25) is 9.40 Å². The van der Waals surface area contributed by atoms with Gasteiger partial charge < -0.3 is 0 Å². The van der Waals surface area contributed by atoms with Crippen LogP contribution < -0.4 is 4.72 Å². The highest BCUT2D eigenvalue weighted by Gasteiger charge is 2.11. The van der Waals surface area contributed by atoms with Crippen LogP contribution in [-0.4, -0.2) is 24.5 Å². The number of anilines is 1. The lowest BCUT2D eigenvalue weighted by Gasteiger charge is -2.03. The van der Waals surface area contributed by atoms with Gasteiger partial charge in [0.1, 0.15) is 0 Å². The van der Waals surface area contributed by atoms with Gasteiger partial charge in [0.2, 0.25) is 10.0 Å². The van der Waals surface area contributed by atoms with Crippen molar-refractivity contribution >= 4 is 31.8 Å². The Morgan fingerprint density at radius 3 is 2.79 bits per heavy atom. The molecule has 0 saturated carbocycles. The third-order valence-corrected chi connectivity index (χ3v) is 3.57. The minimum atomic E-state index is -3.32. The van der Waals surface area contributed by atoms with Crippen LogP contribution in [0.1, 0.15) is 11.1 Å². The summed E-state index contributed by atoms with van der Waals surface area (Å²) in [5, 5.41) is 4.20. The lowest BCUT2D eigenvalue weighted by atomic mass is 10.1. The molecule has 5 nitrogen and oxygen atoms in total. The highest BCUT2D eigenvalue weighted by Crippen LogP contribution is 2.21. The van der Waals surface area contributed by atoms with Crippen LogP contribution in [0.25, 0.3) is 0 Å². The first kappa shape index (κ1) is 14.1. The highest BCUT2D eigenvalue weighted by atomic mass is 79.9. The predicted molar refractivity (Wildman–Crippen MR) is 78.7 cm³/mol. The Balaban J connectivity index is 2.21. The van der Waals surface area contributed by atoms with Crippen molar-refractivity contribution < 1.29 is 8.42 Å². The largest absolute Gasteiger partial charge is 0.265 e. The normalized spacial score (nSPS) is 11.5. The third kappa shape index (κ3) is 4.07. The van der Waals surface area contributed by atoms with E-state index in [0.717, 1.165) is 11.8 Å². The van der Waals surface area contributed by atoms with E-state index in [2.05, 4.69) is 31.8 Å². The number of aryl methyl sites for hydroxylation is 1. The van der Waals surface area contributed by atoms with E-state index >= 15 is 0 Å². The average molecular weight is 344 g/mol. The molecule has 0 saturated heterocycles. The summed E-state index contributed by atoms with van der Waals surface area (Å²) < 4.78 is 27.0. The van der Waals surface area contributed by atoms with Crippen LogP contribution in [-0.2, 0) is 16.6 Å². The number of rotatable bonds is 4. The van der Waals surface area contributed by atoms with Crippen LogP contribution in [0.4, 0.5) is 5.82 Å². The van der Waals surface area contributed by atoms with Crippen molar-refractivity contribution in [2.45, 2.75) is 13.5 Å². The Kier molecular flexibility index (Phi) is 3.96. The third-order valence-electron chi connectivity index (χ3n) is 2.43. The van der Waals surface area contributed by atoms with Gasteiger partial charge >= 0.3 is 0 Å².